The Morgan fingerprint density at radius 1 is 1.34 bits per heavy atom. The molecule has 150 valence electrons. The van der Waals surface area contributed by atoms with E-state index in [4.69, 9.17) is 16.3 Å². The third kappa shape index (κ3) is 4.34. The molecular formula is C20H18ClN3O3S2. The van der Waals surface area contributed by atoms with E-state index in [1.54, 1.807) is 29.7 Å². The van der Waals surface area contributed by atoms with E-state index in [2.05, 4.69) is 16.0 Å². The number of aryl methyl sites for hydroxylation is 1. The van der Waals surface area contributed by atoms with E-state index in [1.807, 2.05) is 10.3 Å². The summed E-state index contributed by atoms with van der Waals surface area (Å²) in [5.41, 5.74) is 2.07. The van der Waals surface area contributed by atoms with Gasteiger partial charge >= 0.3 is 5.97 Å². The Morgan fingerprint density at radius 2 is 2.21 bits per heavy atom. The van der Waals surface area contributed by atoms with Crippen LogP contribution in [0.1, 0.15) is 33.2 Å². The maximum atomic E-state index is 12.6. The topological polar surface area (TPSA) is 72.4 Å². The van der Waals surface area contributed by atoms with E-state index in [9.17, 15) is 9.59 Å². The second-order valence-corrected chi connectivity index (χ2v) is 8.99. The first-order valence-corrected chi connectivity index (χ1v) is 11.2. The maximum Gasteiger partial charge on any atom is 0.337 e. The van der Waals surface area contributed by atoms with Crippen molar-refractivity contribution in [3.8, 4) is 0 Å². The van der Waals surface area contributed by atoms with Gasteiger partial charge in [0, 0.05) is 43.1 Å². The van der Waals surface area contributed by atoms with Gasteiger partial charge in [-0.3, -0.25) is 4.79 Å². The zero-order valence-electron chi connectivity index (χ0n) is 15.7. The van der Waals surface area contributed by atoms with E-state index in [1.165, 1.54) is 18.4 Å². The van der Waals surface area contributed by atoms with Gasteiger partial charge in [0.15, 0.2) is 0 Å². The Kier molecular flexibility index (Phi) is 5.94. The van der Waals surface area contributed by atoms with Crippen LogP contribution in [0.4, 0.5) is 0 Å². The minimum absolute atomic E-state index is 0.123. The lowest BCUT2D eigenvalue weighted by atomic mass is 10.1. The SMILES string of the molecule is COC(=O)c1cc(Cl)c2nc(C3=CCCN(C(=O)CCc4nccs4)C3)sc2c1. The van der Waals surface area contributed by atoms with Crippen molar-refractivity contribution in [2.45, 2.75) is 19.3 Å². The number of halogens is 1. The average Bonchev–Trinajstić information content (AvgIpc) is 3.41. The fourth-order valence-electron chi connectivity index (χ4n) is 3.22. The molecule has 0 saturated carbocycles. The summed E-state index contributed by atoms with van der Waals surface area (Å²) in [6.45, 7) is 1.23. The third-order valence-electron chi connectivity index (χ3n) is 4.68. The van der Waals surface area contributed by atoms with Crippen LogP contribution >= 0.6 is 34.3 Å². The largest absolute Gasteiger partial charge is 0.465 e. The number of aromatic nitrogens is 2. The number of carbonyl (C=O) groups is 2. The Morgan fingerprint density at radius 3 is 2.97 bits per heavy atom. The summed E-state index contributed by atoms with van der Waals surface area (Å²) in [4.78, 5) is 35.2. The number of benzene rings is 1. The molecular weight excluding hydrogens is 430 g/mol. The molecule has 0 radical (unpaired) electrons. The number of carbonyl (C=O) groups excluding carboxylic acids is 2. The minimum Gasteiger partial charge on any atom is -0.465 e. The first-order chi connectivity index (χ1) is 14.0. The highest BCUT2D eigenvalue weighted by molar-refractivity contribution is 7.19. The summed E-state index contributed by atoms with van der Waals surface area (Å²) in [7, 11) is 1.34. The number of esters is 1. The van der Waals surface area contributed by atoms with E-state index in [-0.39, 0.29) is 5.91 Å². The molecule has 1 aliphatic rings. The molecule has 0 atom stereocenters. The van der Waals surface area contributed by atoms with E-state index in [0.717, 1.165) is 26.7 Å². The smallest absolute Gasteiger partial charge is 0.337 e. The average molecular weight is 448 g/mol. The van der Waals surface area contributed by atoms with Crippen molar-refractivity contribution in [2.75, 3.05) is 20.2 Å². The highest BCUT2D eigenvalue weighted by Gasteiger charge is 2.22. The second-order valence-electron chi connectivity index (χ2n) is 6.57. The van der Waals surface area contributed by atoms with Gasteiger partial charge in [0.1, 0.15) is 10.5 Å². The number of thiazole rings is 2. The molecule has 6 nitrogen and oxygen atoms in total. The van der Waals surface area contributed by atoms with Crippen LogP contribution in [0.15, 0.2) is 29.8 Å². The van der Waals surface area contributed by atoms with Gasteiger partial charge in [0.2, 0.25) is 5.91 Å². The fourth-order valence-corrected chi connectivity index (χ4v) is 5.22. The highest BCUT2D eigenvalue weighted by atomic mass is 35.5. The molecule has 0 bridgehead atoms. The van der Waals surface area contributed by atoms with Gasteiger partial charge in [-0.15, -0.1) is 22.7 Å². The summed E-state index contributed by atoms with van der Waals surface area (Å²) in [5.74, 6) is -0.310. The van der Waals surface area contributed by atoms with Crippen LogP contribution in [0.2, 0.25) is 5.02 Å². The highest BCUT2D eigenvalue weighted by Crippen LogP contribution is 2.34. The van der Waals surface area contributed by atoms with Crippen molar-refractivity contribution in [3.63, 3.8) is 0 Å². The minimum atomic E-state index is -0.433. The van der Waals surface area contributed by atoms with Crippen molar-refractivity contribution in [3.05, 3.63) is 50.4 Å². The number of hydrogen-bond donors (Lipinski definition) is 0. The summed E-state index contributed by atoms with van der Waals surface area (Å²) in [6, 6.07) is 3.32. The lowest BCUT2D eigenvalue weighted by Gasteiger charge is -2.26. The molecule has 0 saturated heterocycles. The lowest BCUT2D eigenvalue weighted by Crippen LogP contribution is -2.35. The predicted molar refractivity (Wildman–Crippen MR) is 116 cm³/mol. The Hall–Kier alpha value is -2.29. The molecule has 0 spiro atoms. The Balaban J connectivity index is 1.51. The van der Waals surface area contributed by atoms with Crippen LogP contribution in [0.25, 0.3) is 15.8 Å². The fraction of sp³-hybridized carbons (Fsp3) is 0.300. The molecule has 1 aliphatic heterocycles. The van der Waals surface area contributed by atoms with Gasteiger partial charge in [0.05, 0.1) is 27.4 Å². The number of nitrogens with zero attached hydrogens (tertiary/aromatic N) is 3. The molecule has 1 amide bonds. The zero-order valence-corrected chi connectivity index (χ0v) is 18.1. The number of ether oxygens (including phenoxy) is 1. The molecule has 0 aliphatic carbocycles. The van der Waals surface area contributed by atoms with Crippen molar-refractivity contribution < 1.29 is 14.3 Å². The Bertz CT molecular complexity index is 1090. The number of hydrogen-bond acceptors (Lipinski definition) is 7. The van der Waals surface area contributed by atoms with E-state index >= 15 is 0 Å². The van der Waals surface area contributed by atoms with Crippen LogP contribution in [-0.2, 0) is 16.0 Å². The van der Waals surface area contributed by atoms with Crippen LogP contribution in [-0.4, -0.2) is 46.9 Å². The van der Waals surface area contributed by atoms with Crippen molar-refractivity contribution in [1.29, 1.82) is 0 Å². The molecule has 3 heterocycles. The molecule has 2 aromatic heterocycles. The molecule has 0 unspecified atom stereocenters. The summed E-state index contributed by atoms with van der Waals surface area (Å²) < 4.78 is 5.60. The number of methoxy groups -OCH3 is 1. The second kappa shape index (κ2) is 8.61. The molecule has 1 aromatic carbocycles. The normalized spacial score (nSPS) is 14.1. The van der Waals surface area contributed by atoms with Crippen molar-refractivity contribution >= 4 is 61.9 Å². The number of amides is 1. The van der Waals surface area contributed by atoms with E-state index < -0.39 is 5.97 Å². The predicted octanol–water partition coefficient (Wildman–Crippen LogP) is 4.44. The van der Waals surface area contributed by atoms with Gasteiger partial charge in [-0.05, 0) is 18.6 Å². The lowest BCUT2D eigenvalue weighted by molar-refractivity contribution is -0.130. The van der Waals surface area contributed by atoms with Gasteiger partial charge in [-0.2, -0.15) is 0 Å². The molecule has 0 fully saturated rings. The van der Waals surface area contributed by atoms with Gasteiger partial charge in [-0.25, -0.2) is 14.8 Å². The van der Waals surface area contributed by atoms with E-state index in [0.29, 0.717) is 42.0 Å². The first-order valence-electron chi connectivity index (χ1n) is 9.09. The summed E-state index contributed by atoms with van der Waals surface area (Å²) >= 11 is 9.37. The van der Waals surface area contributed by atoms with Gasteiger partial charge < -0.3 is 9.64 Å². The van der Waals surface area contributed by atoms with Crippen LogP contribution < -0.4 is 0 Å². The molecule has 0 N–H and O–H groups in total. The quantitative estimate of drug-likeness (QED) is 0.540. The maximum absolute atomic E-state index is 12.6. The van der Waals surface area contributed by atoms with Crippen LogP contribution in [0, 0.1) is 0 Å². The summed E-state index contributed by atoms with van der Waals surface area (Å²) in [6.07, 6.45) is 5.79. The third-order valence-corrected chi connectivity index (χ3v) is 6.89. The number of rotatable bonds is 5. The van der Waals surface area contributed by atoms with Crippen molar-refractivity contribution in [2.24, 2.45) is 0 Å². The standard InChI is InChI=1S/C20H18ClN3O3S2/c1-27-20(26)13-9-14(21)18-15(10-13)29-19(23-18)12-3-2-7-24(11-12)17(25)5-4-16-22-6-8-28-16/h3,6,8-10H,2,4-5,7,11H2,1H3. The van der Waals surface area contributed by atoms with Crippen LogP contribution in [0.3, 0.4) is 0 Å². The molecule has 9 heteroatoms. The first kappa shape index (κ1) is 20.0. The Labute approximate surface area is 180 Å². The summed E-state index contributed by atoms with van der Waals surface area (Å²) in [5, 5.41) is 4.14. The monoisotopic (exact) mass is 447 g/mol. The molecule has 29 heavy (non-hydrogen) atoms. The van der Waals surface area contributed by atoms with Crippen LogP contribution in [0.5, 0.6) is 0 Å². The number of fused-ring (bicyclic) bond motifs is 1. The van der Waals surface area contributed by atoms with Crippen molar-refractivity contribution in [1.82, 2.24) is 14.9 Å². The molecule has 3 aromatic rings. The van der Waals surface area contributed by atoms with Gasteiger partial charge in [-0.1, -0.05) is 17.7 Å². The zero-order chi connectivity index (χ0) is 20.4. The van der Waals surface area contributed by atoms with Gasteiger partial charge in [0.25, 0.3) is 0 Å². The molecule has 4 rings (SSSR count).